The molecular formula is C36H74N2O. The molecule has 0 unspecified atom stereocenters. The van der Waals surface area contributed by atoms with Crippen LogP contribution in [0.4, 0.5) is 0 Å². The monoisotopic (exact) mass is 551 g/mol. The van der Waals surface area contributed by atoms with Crippen molar-refractivity contribution in [1.29, 1.82) is 0 Å². The average molecular weight is 551 g/mol. The fraction of sp³-hybridized carbons (Fsp3) is 0.972. The van der Waals surface area contributed by atoms with E-state index in [4.69, 9.17) is 0 Å². The number of nitrogens with one attached hydrogen (secondary N) is 1. The summed E-state index contributed by atoms with van der Waals surface area (Å²) < 4.78 is 0. The number of unbranched alkanes of at least 4 members (excludes halogenated alkanes) is 20. The van der Waals surface area contributed by atoms with E-state index in [1.165, 1.54) is 154 Å². The summed E-state index contributed by atoms with van der Waals surface area (Å²) in [5, 5.41) is 3.09. The zero-order valence-corrected chi connectivity index (χ0v) is 27.6. The topological polar surface area (TPSA) is 32.3 Å². The molecule has 0 aliphatic carbocycles. The van der Waals surface area contributed by atoms with Crippen LogP contribution in [0.15, 0.2) is 0 Å². The molecule has 0 saturated carbocycles. The van der Waals surface area contributed by atoms with E-state index in [0.717, 1.165) is 38.3 Å². The molecule has 234 valence electrons. The first-order valence-corrected chi connectivity index (χ1v) is 18.0. The lowest BCUT2D eigenvalue weighted by Gasteiger charge is -2.17. The molecule has 0 rings (SSSR count). The van der Waals surface area contributed by atoms with Crippen molar-refractivity contribution in [2.24, 2.45) is 5.92 Å². The van der Waals surface area contributed by atoms with Gasteiger partial charge in [0.15, 0.2) is 0 Å². The summed E-state index contributed by atoms with van der Waals surface area (Å²) in [5.74, 6) is 1.23. The van der Waals surface area contributed by atoms with Crippen LogP contribution in [0.25, 0.3) is 0 Å². The molecule has 0 aliphatic heterocycles. The molecule has 0 atom stereocenters. The van der Waals surface area contributed by atoms with Crippen molar-refractivity contribution >= 4 is 5.91 Å². The fourth-order valence-electron chi connectivity index (χ4n) is 5.86. The zero-order valence-electron chi connectivity index (χ0n) is 27.6. The van der Waals surface area contributed by atoms with Crippen LogP contribution >= 0.6 is 0 Å². The Balaban J connectivity index is 3.88. The third-order valence-electron chi connectivity index (χ3n) is 8.55. The Hall–Kier alpha value is -0.570. The van der Waals surface area contributed by atoms with Crippen molar-refractivity contribution in [3.8, 4) is 0 Å². The van der Waals surface area contributed by atoms with Crippen molar-refractivity contribution in [2.75, 3.05) is 27.2 Å². The maximum atomic E-state index is 12.0. The Kier molecular flexibility index (Phi) is 31.5. The molecule has 0 aromatic heterocycles. The maximum absolute atomic E-state index is 12.0. The number of hydrogen-bond acceptors (Lipinski definition) is 2. The van der Waals surface area contributed by atoms with Crippen LogP contribution < -0.4 is 5.32 Å². The SMILES string of the molecule is CCCCCCCCCCC(CCCCCCCCCC)CCCCCCCCC(=O)NCCCCN(C)C. The fourth-order valence-corrected chi connectivity index (χ4v) is 5.86. The van der Waals surface area contributed by atoms with Crippen LogP contribution in [0.3, 0.4) is 0 Å². The number of amides is 1. The Morgan fingerprint density at radius 2 is 0.897 bits per heavy atom. The Morgan fingerprint density at radius 1 is 0.513 bits per heavy atom. The molecule has 0 aliphatic rings. The first-order valence-electron chi connectivity index (χ1n) is 18.0. The summed E-state index contributed by atoms with van der Waals surface area (Å²) in [6.45, 7) is 6.56. The van der Waals surface area contributed by atoms with Gasteiger partial charge >= 0.3 is 0 Å². The second-order valence-corrected chi connectivity index (χ2v) is 12.9. The minimum absolute atomic E-state index is 0.254. The molecule has 0 aromatic rings. The molecule has 39 heavy (non-hydrogen) atoms. The van der Waals surface area contributed by atoms with Gasteiger partial charge in [-0.1, -0.05) is 168 Å². The van der Waals surface area contributed by atoms with Crippen molar-refractivity contribution in [2.45, 2.75) is 194 Å². The lowest BCUT2D eigenvalue weighted by atomic mass is 9.89. The van der Waals surface area contributed by atoms with E-state index >= 15 is 0 Å². The van der Waals surface area contributed by atoms with E-state index in [2.05, 4.69) is 38.2 Å². The molecule has 0 heterocycles. The molecule has 1 amide bonds. The van der Waals surface area contributed by atoms with E-state index in [1.54, 1.807) is 0 Å². The minimum Gasteiger partial charge on any atom is -0.356 e. The van der Waals surface area contributed by atoms with Gasteiger partial charge in [0.25, 0.3) is 0 Å². The number of carbonyl (C=O) groups excluding carboxylic acids is 1. The third kappa shape index (κ3) is 31.8. The highest BCUT2D eigenvalue weighted by Gasteiger charge is 2.09. The standard InChI is InChI=1S/C36H74N2O/c1-5-7-9-11-13-15-19-23-29-35(30-24-20-16-14-12-10-8-6-2)31-25-21-17-18-22-26-32-36(39)37-33-27-28-34-38(3)4/h35H,5-34H2,1-4H3,(H,37,39). The molecule has 0 spiro atoms. The minimum atomic E-state index is 0.254. The van der Waals surface area contributed by atoms with Crippen molar-refractivity contribution in [1.82, 2.24) is 10.2 Å². The number of nitrogens with zero attached hydrogens (tertiary/aromatic N) is 1. The van der Waals surface area contributed by atoms with Gasteiger partial charge in [-0.2, -0.15) is 0 Å². The summed E-state index contributed by atoms with van der Waals surface area (Å²) >= 11 is 0. The third-order valence-corrected chi connectivity index (χ3v) is 8.55. The highest BCUT2D eigenvalue weighted by Crippen LogP contribution is 2.25. The maximum Gasteiger partial charge on any atom is 0.219 e. The zero-order chi connectivity index (χ0) is 28.7. The first-order chi connectivity index (χ1) is 19.1. The van der Waals surface area contributed by atoms with Gasteiger partial charge in [-0.25, -0.2) is 0 Å². The van der Waals surface area contributed by atoms with Gasteiger partial charge < -0.3 is 10.2 Å². The van der Waals surface area contributed by atoms with E-state index < -0.39 is 0 Å². The summed E-state index contributed by atoms with van der Waals surface area (Å²) in [7, 11) is 4.21. The highest BCUT2D eigenvalue weighted by molar-refractivity contribution is 5.75. The van der Waals surface area contributed by atoms with Crippen LogP contribution in [0.5, 0.6) is 0 Å². The Bertz CT molecular complexity index is 459. The molecule has 0 bridgehead atoms. The predicted octanol–water partition coefficient (Wildman–Crippen LogP) is 11.2. The molecule has 0 saturated heterocycles. The van der Waals surface area contributed by atoms with Crippen LogP contribution in [-0.2, 0) is 4.79 Å². The van der Waals surface area contributed by atoms with E-state index in [9.17, 15) is 4.79 Å². The van der Waals surface area contributed by atoms with E-state index in [-0.39, 0.29) is 5.91 Å². The summed E-state index contributed by atoms with van der Waals surface area (Å²) in [5.41, 5.74) is 0. The summed E-state index contributed by atoms with van der Waals surface area (Å²) in [6, 6.07) is 0. The Morgan fingerprint density at radius 3 is 1.31 bits per heavy atom. The lowest BCUT2D eigenvalue weighted by molar-refractivity contribution is -0.121. The normalized spacial score (nSPS) is 11.6. The van der Waals surface area contributed by atoms with Crippen LogP contribution in [-0.4, -0.2) is 38.0 Å². The second kappa shape index (κ2) is 32.0. The summed E-state index contributed by atoms with van der Waals surface area (Å²) in [4.78, 5) is 14.2. The average Bonchev–Trinajstić information content (AvgIpc) is 2.92. The van der Waals surface area contributed by atoms with Crippen LogP contribution in [0.2, 0.25) is 0 Å². The second-order valence-electron chi connectivity index (χ2n) is 12.9. The quantitative estimate of drug-likeness (QED) is 0.0845. The molecule has 3 nitrogen and oxygen atoms in total. The molecule has 3 heteroatoms. The predicted molar refractivity (Wildman–Crippen MR) is 176 cm³/mol. The smallest absolute Gasteiger partial charge is 0.219 e. The van der Waals surface area contributed by atoms with Gasteiger partial charge in [0.2, 0.25) is 5.91 Å². The molecular weight excluding hydrogens is 476 g/mol. The molecule has 1 N–H and O–H groups in total. The van der Waals surface area contributed by atoms with Gasteiger partial charge in [0.1, 0.15) is 0 Å². The highest BCUT2D eigenvalue weighted by atomic mass is 16.1. The number of carbonyl (C=O) groups is 1. The molecule has 0 radical (unpaired) electrons. The van der Waals surface area contributed by atoms with Gasteiger partial charge in [-0.3, -0.25) is 4.79 Å². The largest absolute Gasteiger partial charge is 0.356 e. The molecule has 0 aromatic carbocycles. The van der Waals surface area contributed by atoms with Crippen molar-refractivity contribution in [3.05, 3.63) is 0 Å². The number of rotatable bonds is 32. The number of hydrogen-bond donors (Lipinski definition) is 1. The van der Waals surface area contributed by atoms with Gasteiger partial charge in [-0.15, -0.1) is 0 Å². The first kappa shape index (κ1) is 38.4. The molecule has 0 fully saturated rings. The lowest BCUT2D eigenvalue weighted by Crippen LogP contribution is -2.24. The van der Waals surface area contributed by atoms with E-state index in [0.29, 0.717) is 6.42 Å². The van der Waals surface area contributed by atoms with Gasteiger partial charge in [-0.05, 0) is 45.8 Å². The summed E-state index contributed by atoms with van der Waals surface area (Å²) in [6.07, 6.45) is 38.2. The van der Waals surface area contributed by atoms with E-state index in [1.807, 2.05) is 0 Å². The van der Waals surface area contributed by atoms with Crippen LogP contribution in [0.1, 0.15) is 194 Å². The van der Waals surface area contributed by atoms with Crippen LogP contribution in [0, 0.1) is 5.92 Å². The Labute approximate surface area is 247 Å². The van der Waals surface area contributed by atoms with Crippen molar-refractivity contribution in [3.63, 3.8) is 0 Å². The van der Waals surface area contributed by atoms with Crippen molar-refractivity contribution < 1.29 is 4.79 Å². The van der Waals surface area contributed by atoms with Gasteiger partial charge in [0.05, 0.1) is 0 Å². The van der Waals surface area contributed by atoms with Gasteiger partial charge in [0, 0.05) is 13.0 Å².